The van der Waals surface area contributed by atoms with Crippen LogP contribution in [0.5, 0.6) is 0 Å². The van der Waals surface area contributed by atoms with E-state index in [1.807, 2.05) is 12.1 Å². The van der Waals surface area contributed by atoms with Gasteiger partial charge in [-0.05, 0) is 55.3 Å². The zero-order valence-electron chi connectivity index (χ0n) is 11.0. The van der Waals surface area contributed by atoms with Gasteiger partial charge in [0.25, 0.3) is 0 Å². The summed E-state index contributed by atoms with van der Waals surface area (Å²) in [6.45, 7) is 7.25. The van der Waals surface area contributed by atoms with Gasteiger partial charge in [0.05, 0.1) is 12.3 Å². The molecule has 2 rings (SSSR count). The third-order valence-electron chi connectivity index (χ3n) is 3.09. The van der Waals surface area contributed by atoms with E-state index >= 15 is 0 Å². The Balaban J connectivity index is 2.46. The Bertz CT molecular complexity index is 520. The summed E-state index contributed by atoms with van der Waals surface area (Å²) in [7, 11) is 0. The minimum absolute atomic E-state index is 0.122. The molecule has 1 atom stereocenters. The molecule has 1 aromatic heterocycles. The fourth-order valence-corrected chi connectivity index (χ4v) is 2.60. The minimum Gasteiger partial charge on any atom is -0.467 e. The molecule has 0 spiro atoms. The van der Waals surface area contributed by atoms with Crippen LogP contribution in [0.15, 0.2) is 39.4 Å². The Kier molecular flexibility index (Phi) is 4.25. The molecule has 0 aliphatic rings. The molecule has 0 aliphatic carbocycles. The fraction of sp³-hybridized carbons (Fsp3) is 0.333. The summed E-state index contributed by atoms with van der Waals surface area (Å²) in [6, 6.07) is 8.45. The van der Waals surface area contributed by atoms with Crippen molar-refractivity contribution in [3.05, 3.63) is 57.5 Å². The van der Waals surface area contributed by atoms with E-state index in [1.54, 1.807) is 6.26 Å². The van der Waals surface area contributed by atoms with Crippen molar-refractivity contribution >= 4 is 15.9 Å². The molecule has 1 aromatic carbocycles. The first kappa shape index (κ1) is 13.4. The van der Waals surface area contributed by atoms with Crippen molar-refractivity contribution in [3.8, 4) is 0 Å². The lowest BCUT2D eigenvalue weighted by molar-refractivity contribution is 0.451. The molecule has 1 heterocycles. The molecule has 2 nitrogen and oxygen atoms in total. The van der Waals surface area contributed by atoms with Crippen LogP contribution in [0.2, 0.25) is 0 Å². The Labute approximate surface area is 117 Å². The lowest BCUT2D eigenvalue weighted by atomic mass is 9.97. The van der Waals surface area contributed by atoms with Crippen LogP contribution in [0.25, 0.3) is 0 Å². The van der Waals surface area contributed by atoms with Gasteiger partial charge in [0.1, 0.15) is 5.76 Å². The van der Waals surface area contributed by atoms with Gasteiger partial charge < -0.3 is 9.73 Å². The average molecular weight is 308 g/mol. The molecule has 1 N–H and O–H groups in total. The molecule has 96 valence electrons. The van der Waals surface area contributed by atoms with Gasteiger partial charge in [-0.15, -0.1) is 0 Å². The Hall–Kier alpha value is -1.06. The molecule has 0 amide bonds. The van der Waals surface area contributed by atoms with Gasteiger partial charge in [-0.1, -0.05) is 28.9 Å². The van der Waals surface area contributed by atoms with Crippen molar-refractivity contribution in [3.63, 3.8) is 0 Å². The van der Waals surface area contributed by atoms with Gasteiger partial charge in [-0.25, -0.2) is 0 Å². The average Bonchev–Trinajstić information content (AvgIpc) is 2.85. The zero-order valence-corrected chi connectivity index (χ0v) is 12.5. The molecule has 1 unspecified atom stereocenters. The summed E-state index contributed by atoms with van der Waals surface area (Å²) in [5.41, 5.74) is 3.77. The fourth-order valence-electron chi connectivity index (χ4n) is 2.14. The molecule has 0 radical (unpaired) electrons. The van der Waals surface area contributed by atoms with Crippen molar-refractivity contribution < 1.29 is 4.42 Å². The summed E-state index contributed by atoms with van der Waals surface area (Å²) >= 11 is 3.57. The van der Waals surface area contributed by atoms with Gasteiger partial charge in [0, 0.05) is 4.47 Å². The molecule has 0 saturated heterocycles. The highest BCUT2D eigenvalue weighted by Gasteiger charge is 2.18. The number of furan rings is 1. The lowest BCUT2D eigenvalue weighted by Crippen LogP contribution is -2.22. The van der Waals surface area contributed by atoms with Crippen molar-refractivity contribution in [1.29, 1.82) is 0 Å². The number of rotatable bonds is 4. The third-order valence-corrected chi connectivity index (χ3v) is 3.95. The van der Waals surface area contributed by atoms with Crippen LogP contribution in [-0.2, 0) is 0 Å². The zero-order chi connectivity index (χ0) is 13.1. The summed E-state index contributed by atoms with van der Waals surface area (Å²) in [4.78, 5) is 0. The number of nitrogens with one attached hydrogen (secondary N) is 1. The van der Waals surface area contributed by atoms with E-state index in [0.717, 1.165) is 16.8 Å². The van der Waals surface area contributed by atoms with Crippen molar-refractivity contribution in [1.82, 2.24) is 5.32 Å². The molecule has 0 saturated carbocycles. The van der Waals surface area contributed by atoms with Crippen LogP contribution in [0, 0.1) is 13.8 Å². The van der Waals surface area contributed by atoms with Gasteiger partial charge in [-0.3, -0.25) is 0 Å². The van der Waals surface area contributed by atoms with Crippen LogP contribution in [0.1, 0.15) is 35.4 Å². The predicted molar refractivity (Wildman–Crippen MR) is 77.8 cm³/mol. The van der Waals surface area contributed by atoms with E-state index in [9.17, 15) is 0 Å². The SMILES string of the molecule is CCNC(c1ccco1)c1cc(C)c(Br)cc1C. The maximum atomic E-state index is 5.55. The first-order chi connectivity index (χ1) is 8.63. The van der Waals surface area contributed by atoms with E-state index in [1.165, 1.54) is 16.7 Å². The Morgan fingerprint density at radius 2 is 2.06 bits per heavy atom. The molecule has 0 bridgehead atoms. The van der Waals surface area contributed by atoms with Gasteiger partial charge in [0.15, 0.2) is 0 Å². The number of hydrogen-bond acceptors (Lipinski definition) is 2. The Morgan fingerprint density at radius 3 is 2.67 bits per heavy atom. The molecule has 0 fully saturated rings. The van der Waals surface area contributed by atoms with Crippen LogP contribution in [-0.4, -0.2) is 6.54 Å². The van der Waals surface area contributed by atoms with E-state index < -0.39 is 0 Å². The van der Waals surface area contributed by atoms with Crippen LogP contribution < -0.4 is 5.32 Å². The van der Waals surface area contributed by atoms with E-state index in [0.29, 0.717) is 0 Å². The van der Waals surface area contributed by atoms with Crippen molar-refractivity contribution in [2.24, 2.45) is 0 Å². The van der Waals surface area contributed by atoms with E-state index in [-0.39, 0.29) is 6.04 Å². The van der Waals surface area contributed by atoms with Crippen molar-refractivity contribution in [2.45, 2.75) is 26.8 Å². The lowest BCUT2D eigenvalue weighted by Gasteiger charge is -2.19. The second-order valence-electron chi connectivity index (χ2n) is 4.46. The third kappa shape index (κ3) is 2.68. The molecule has 18 heavy (non-hydrogen) atoms. The van der Waals surface area contributed by atoms with E-state index in [4.69, 9.17) is 4.42 Å². The van der Waals surface area contributed by atoms with Crippen LogP contribution in [0.4, 0.5) is 0 Å². The summed E-state index contributed by atoms with van der Waals surface area (Å²) in [6.07, 6.45) is 1.72. The highest BCUT2D eigenvalue weighted by molar-refractivity contribution is 9.10. The molecular formula is C15H18BrNO. The van der Waals surface area contributed by atoms with Crippen LogP contribution in [0.3, 0.4) is 0 Å². The highest BCUT2D eigenvalue weighted by Crippen LogP contribution is 2.29. The monoisotopic (exact) mass is 307 g/mol. The minimum atomic E-state index is 0.122. The number of aryl methyl sites for hydroxylation is 2. The molecular weight excluding hydrogens is 290 g/mol. The summed E-state index contributed by atoms with van der Waals surface area (Å²) < 4.78 is 6.70. The Morgan fingerprint density at radius 1 is 1.28 bits per heavy atom. The number of benzene rings is 1. The quantitative estimate of drug-likeness (QED) is 0.908. The van der Waals surface area contributed by atoms with Crippen LogP contribution >= 0.6 is 15.9 Å². The maximum absolute atomic E-state index is 5.55. The molecule has 2 aromatic rings. The van der Waals surface area contributed by atoms with Gasteiger partial charge in [-0.2, -0.15) is 0 Å². The first-order valence-electron chi connectivity index (χ1n) is 6.17. The molecule has 0 aliphatic heterocycles. The van der Waals surface area contributed by atoms with Gasteiger partial charge in [0.2, 0.25) is 0 Å². The van der Waals surface area contributed by atoms with E-state index in [2.05, 4.69) is 54.2 Å². The maximum Gasteiger partial charge on any atom is 0.125 e. The van der Waals surface area contributed by atoms with Crippen molar-refractivity contribution in [2.75, 3.05) is 6.54 Å². The smallest absolute Gasteiger partial charge is 0.125 e. The highest BCUT2D eigenvalue weighted by atomic mass is 79.9. The summed E-state index contributed by atoms with van der Waals surface area (Å²) in [5, 5.41) is 3.48. The number of hydrogen-bond donors (Lipinski definition) is 1. The van der Waals surface area contributed by atoms with Gasteiger partial charge >= 0.3 is 0 Å². The first-order valence-corrected chi connectivity index (χ1v) is 6.96. The standard InChI is InChI=1S/C15H18BrNO/c1-4-17-15(14-6-5-7-18-14)12-8-11(3)13(16)9-10(12)2/h5-9,15,17H,4H2,1-3H3. The summed E-state index contributed by atoms with van der Waals surface area (Å²) in [5.74, 6) is 0.960. The second-order valence-corrected chi connectivity index (χ2v) is 5.32. The second kappa shape index (κ2) is 5.72. The largest absolute Gasteiger partial charge is 0.467 e. The number of halogens is 1. The topological polar surface area (TPSA) is 25.2 Å². The molecule has 3 heteroatoms. The predicted octanol–water partition coefficient (Wildman–Crippen LogP) is 4.36. The normalized spacial score (nSPS) is 12.7.